The molecule has 0 fully saturated rings. The molecule has 0 N–H and O–H groups in total. The molecule has 0 radical (unpaired) electrons. The normalized spacial score (nSPS) is 19.4. The first-order valence-corrected chi connectivity index (χ1v) is 11.8. The highest BCUT2D eigenvalue weighted by atomic mass is 79.9. The van der Waals surface area contributed by atoms with Crippen LogP contribution in [0.3, 0.4) is 0 Å². The number of rotatable bonds is 6. The topological polar surface area (TPSA) is 51.5 Å². The van der Waals surface area contributed by atoms with Crippen molar-refractivity contribution >= 4 is 37.0 Å². The van der Waals surface area contributed by atoms with Crippen molar-refractivity contribution in [3.8, 4) is 0 Å². The quantitative estimate of drug-likeness (QED) is 0.515. The van der Waals surface area contributed by atoms with Gasteiger partial charge < -0.3 is 4.57 Å². The molecule has 148 valence electrons. The smallest absolute Gasteiger partial charge is 0.264 e. The van der Waals surface area contributed by atoms with E-state index < -0.39 is 10.1 Å². The van der Waals surface area contributed by atoms with Gasteiger partial charge in [-0.3, -0.25) is 9.08 Å². The van der Waals surface area contributed by atoms with Crippen LogP contribution in [0.5, 0.6) is 0 Å². The van der Waals surface area contributed by atoms with E-state index in [-0.39, 0.29) is 18.6 Å². The molecule has 2 aromatic carbocycles. The van der Waals surface area contributed by atoms with Gasteiger partial charge in [0.15, 0.2) is 0 Å². The molecule has 0 aliphatic carbocycles. The maximum absolute atomic E-state index is 11.6. The molecular formula is C21H23BrN2O3S. The zero-order valence-electron chi connectivity index (χ0n) is 15.9. The van der Waals surface area contributed by atoms with E-state index in [1.165, 1.54) is 16.6 Å². The first kappa shape index (κ1) is 19.6. The van der Waals surface area contributed by atoms with Gasteiger partial charge in [-0.05, 0) is 36.9 Å². The Kier molecular flexibility index (Phi) is 5.35. The summed E-state index contributed by atoms with van der Waals surface area (Å²) in [6.07, 6.45) is 1.11. The number of halogens is 1. The van der Waals surface area contributed by atoms with Crippen molar-refractivity contribution in [2.75, 3.05) is 19.9 Å². The van der Waals surface area contributed by atoms with Crippen molar-refractivity contribution in [3.05, 3.63) is 70.3 Å². The highest BCUT2D eigenvalue weighted by Gasteiger charge is 2.37. The molecule has 1 aliphatic rings. The highest BCUT2D eigenvalue weighted by Crippen LogP contribution is 2.41. The second-order valence-corrected chi connectivity index (χ2v) is 10.0. The summed E-state index contributed by atoms with van der Waals surface area (Å²) in [5.41, 5.74) is 3.59. The lowest BCUT2D eigenvalue weighted by Crippen LogP contribution is -2.30. The van der Waals surface area contributed by atoms with E-state index in [0.717, 1.165) is 29.3 Å². The number of benzene rings is 2. The fourth-order valence-corrected chi connectivity index (χ4v) is 5.00. The Hall–Kier alpha value is -1.67. The Morgan fingerprint density at radius 3 is 2.64 bits per heavy atom. The number of fused-ring (bicyclic) bond motifs is 3. The molecular weight excluding hydrogens is 440 g/mol. The average Bonchev–Trinajstić information content (AvgIpc) is 3.14. The Balaban J connectivity index is 1.69. The molecule has 0 bridgehead atoms. The van der Waals surface area contributed by atoms with Gasteiger partial charge >= 0.3 is 0 Å². The predicted molar refractivity (Wildman–Crippen MR) is 115 cm³/mol. The minimum absolute atomic E-state index is 0.0616. The van der Waals surface area contributed by atoms with E-state index in [4.69, 9.17) is 4.18 Å². The number of hydrogen-bond acceptors (Lipinski definition) is 4. The number of nitrogens with zero attached hydrogens (tertiary/aromatic N) is 2. The lowest BCUT2D eigenvalue weighted by Gasteiger charge is -2.29. The van der Waals surface area contributed by atoms with Gasteiger partial charge in [0.25, 0.3) is 10.1 Å². The first-order valence-electron chi connectivity index (χ1n) is 9.19. The molecule has 1 aliphatic heterocycles. The van der Waals surface area contributed by atoms with Crippen LogP contribution in [0.15, 0.2) is 59.1 Å². The van der Waals surface area contributed by atoms with E-state index >= 15 is 0 Å². The molecule has 2 atom stereocenters. The summed E-state index contributed by atoms with van der Waals surface area (Å²) < 4.78 is 31.7. The molecule has 4 rings (SSSR count). The van der Waals surface area contributed by atoms with Crippen molar-refractivity contribution in [3.63, 3.8) is 0 Å². The molecule has 28 heavy (non-hydrogen) atoms. The van der Waals surface area contributed by atoms with Crippen LogP contribution in [-0.4, -0.2) is 37.8 Å². The third-order valence-electron chi connectivity index (χ3n) is 5.31. The van der Waals surface area contributed by atoms with Crippen molar-refractivity contribution in [2.24, 2.45) is 5.92 Å². The van der Waals surface area contributed by atoms with Crippen LogP contribution >= 0.6 is 15.9 Å². The van der Waals surface area contributed by atoms with Crippen molar-refractivity contribution in [2.45, 2.75) is 19.1 Å². The largest absolute Gasteiger partial charge is 0.343 e. The van der Waals surface area contributed by atoms with Crippen LogP contribution in [0.25, 0.3) is 10.9 Å². The lowest BCUT2D eigenvalue weighted by atomic mass is 9.99. The summed E-state index contributed by atoms with van der Waals surface area (Å²) in [6.45, 7) is 1.70. The molecule has 0 spiro atoms. The van der Waals surface area contributed by atoms with Crippen LogP contribution in [-0.2, 0) is 27.4 Å². The Morgan fingerprint density at radius 1 is 1.18 bits per heavy atom. The molecule has 5 nitrogen and oxygen atoms in total. The average molecular weight is 463 g/mol. The molecule has 0 saturated carbocycles. The standard InChI is InChI=1S/C21H23BrN2O3S/c1-23(12-15-6-4-3-5-7-15)21-17(14-27-28(2,25)26)13-24-19-9-8-18(22)10-16(19)11-20(21)24/h3-11,17,21H,12-14H2,1-2H3/t17-,21+/m0/s1. The number of hydrogen-bond donors (Lipinski definition) is 0. The highest BCUT2D eigenvalue weighted by molar-refractivity contribution is 9.10. The minimum Gasteiger partial charge on any atom is -0.343 e. The van der Waals surface area contributed by atoms with Crippen LogP contribution in [0.4, 0.5) is 0 Å². The monoisotopic (exact) mass is 462 g/mol. The van der Waals surface area contributed by atoms with Crippen molar-refractivity contribution < 1.29 is 12.6 Å². The summed E-state index contributed by atoms with van der Waals surface area (Å²) in [7, 11) is -1.38. The Bertz CT molecular complexity index is 1100. The molecule has 3 aromatic rings. The summed E-state index contributed by atoms with van der Waals surface area (Å²) in [4.78, 5) is 2.29. The van der Waals surface area contributed by atoms with Crippen molar-refractivity contribution in [1.82, 2.24) is 9.47 Å². The van der Waals surface area contributed by atoms with Crippen LogP contribution in [0, 0.1) is 5.92 Å². The van der Waals surface area contributed by atoms with Crippen LogP contribution in [0.1, 0.15) is 17.3 Å². The van der Waals surface area contributed by atoms with E-state index in [0.29, 0.717) is 0 Å². The second kappa shape index (κ2) is 7.63. The number of aromatic nitrogens is 1. The predicted octanol–water partition coefficient (Wildman–Crippen LogP) is 4.18. The fraction of sp³-hybridized carbons (Fsp3) is 0.333. The van der Waals surface area contributed by atoms with Crippen molar-refractivity contribution in [1.29, 1.82) is 0 Å². The molecule has 1 aromatic heterocycles. The molecule has 0 unspecified atom stereocenters. The van der Waals surface area contributed by atoms with Gasteiger partial charge in [0.05, 0.1) is 18.9 Å². The van der Waals surface area contributed by atoms with E-state index in [9.17, 15) is 8.42 Å². The fourth-order valence-electron chi connectivity index (χ4n) is 4.20. The Labute approximate surface area is 174 Å². The zero-order chi connectivity index (χ0) is 19.9. The molecule has 0 saturated heterocycles. The van der Waals surface area contributed by atoms with E-state index in [1.54, 1.807) is 0 Å². The van der Waals surface area contributed by atoms with Gasteiger partial charge in [-0.1, -0.05) is 46.3 Å². The summed E-state index contributed by atoms with van der Waals surface area (Å²) >= 11 is 3.55. The Morgan fingerprint density at radius 2 is 1.93 bits per heavy atom. The third-order valence-corrected chi connectivity index (χ3v) is 6.37. The van der Waals surface area contributed by atoms with E-state index in [1.807, 2.05) is 24.3 Å². The van der Waals surface area contributed by atoms with Crippen LogP contribution < -0.4 is 0 Å². The lowest BCUT2D eigenvalue weighted by molar-refractivity contribution is 0.136. The van der Waals surface area contributed by atoms with Gasteiger partial charge in [-0.15, -0.1) is 0 Å². The molecule has 2 heterocycles. The summed E-state index contributed by atoms with van der Waals surface area (Å²) in [5, 5.41) is 1.19. The maximum atomic E-state index is 11.6. The second-order valence-electron chi connectivity index (χ2n) is 7.48. The van der Waals surface area contributed by atoms with Gasteiger partial charge in [-0.2, -0.15) is 8.42 Å². The van der Waals surface area contributed by atoms with Gasteiger partial charge in [0.2, 0.25) is 0 Å². The van der Waals surface area contributed by atoms with Gasteiger partial charge in [0, 0.05) is 40.1 Å². The first-order chi connectivity index (χ1) is 13.3. The maximum Gasteiger partial charge on any atom is 0.264 e. The molecule has 7 heteroatoms. The third kappa shape index (κ3) is 4.03. The summed E-state index contributed by atoms with van der Waals surface area (Å²) in [6, 6.07) is 18.9. The SMILES string of the molecule is CN(Cc1ccccc1)[C@H]1c2cc3cc(Br)ccc3n2C[C@H]1COS(C)(=O)=O. The zero-order valence-corrected chi connectivity index (χ0v) is 18.3. The molecule has 0 amide bonds. The van der Waals surface area contributed by atoms with Crippen LogP contribution in [0.2, 0.25) is 0 Å². The van der Waals surface area contributed by atoms with Gasteiger partial charge in [0.1, 0.15) is 0 Å². The van der Waals surface area contributed by atoms with Gasteiger partial charge in [-0.25, -0.2) is 0 Å². The summed E-state index contributed by atoms with van der Waals surface area (Å²) in [5.74, 6) is 0.0616. The minimum atomic E-state index is -3.47. The van der Waals surface area contributed by atoms with E-state index in [2.05, 4.69) is 62.8 Å².